The molecule has 0 aliphatic carbocycles. The highest BCUT2D eigenvalue weighted by atomic mass is 35.5. The molecule has 0 saturated carbocycles. The number of rotatable bonds is 2. The Morgan fingerprint density at radius 1 is 1.24 bits per heavy atom. The lowest BCUT2D eigenvalue weighted by molar-refractivity contribution is 0.0124. The van der Waals surface area contributed by atoms with Crippen molar-refractivity contribution in [3.8, 4) is 5.88 Å². The summed E-state index contributed by atoms with van der Waals surface area (Å²) in [4.78, 5) is 18.2. The molecule has 2 heterocycles. The molecular formula is C19H23ClN2O3. The lowest BCUT2D eigenvalue weighted by atomic mass is 10.1. The third-order valence-corrected chi connectivity index (χ3v) is 4.24. The largest absolute Gasteiger partial charge is 0.474 e. The van der Waals surface area contributed by atoms with Crippen LogP contribution >= 0.6 is 11.6 Å². The molecule has 5 nitrogen and oxygen atoms in total. The van der Waals surface area contributed by atoms with Gasteiger partial charge in [-0.3, -0.25) is 0 Å². The van der Waals surface area contributed by atoms with Crippen molar-refractivity contribution in [2.75, 3.05) is 13.1 Å². The van der Waals surface area contributed by atoms with E-state index in [2.05, 4.69) is 4.98 Å². The third-order valence-electron chi connectivity index (χ3n) is 4.05. The van der Waals surface area contributed by atoms with E-state index in [9.17, 15) is 4.79 Å². The number of piperidine rings is 1. The molecule has 3 rings (SSSR count). The minimum absolute atomic E-state index is 0.00746. The van der Waals surface area contributed by atoms with Gasteiger partial charge in [0.25, 0.3) is 0 Å². The highest BCUT2D eigenvalue weighted by molar-refractivity contribution is 6.30. The van der Waals surface area contributed by atoms with Crippen LogP contribution in [0.2, 0.25) is 5.15 Å². The normalized spacial score (nSPS) is 16.1. The minimum Gasteiger partial charge on any atom is -0.474 e. The van der Waals surface area contributed by atoms with Crippen LogP contribution in [0.1, 0.15) is 33.6 Å². The topological polar surface area (TPSA) is 51.7 Å². The molecule has 0 atom stereocenters. The van der Waals surface area contributed by atoms with Crippen molar-refractivity contribution in [3.05, 3.63) is 35.5 Å². The Labute approximate surface area is 152 Å². The Kier molecular flexibility index (Phi) is 5.04. The zero-order valence-electron chi connectivity index (χ0n) is 14.8. The number of fused-ring (bicyclic) bond motifs is 1. The number of carbonyl (C=O) groups is 1. The number of benzene rings is 1. The molecule has 134 valence electrons. The van der Waals surface area contributed by atoms with Crippen LogP contribution in [0.15, 0.2) is 30.3 Å². The number of halogens is 1. The van der Waals surface area contributed by atoms with E-state index in [1.54, 1.807) is 4.90 Å². The lowest BCUT2D eigenvalue weighted by Gasteiger charge is -2.33. The number of carbonyl (C=O) groups excluding carboxylic acids is 1. The Balaban J connectivity index is 1.64. The molecule has 2 aromatic rings. The average molecular weight is 363 g/mol. The summed E-state index contributed by atoms with van der Waals surface area (Å²) in [6.45, 7) is 6.83. The zero-order valence-corrected chi connectivity index (χ0v) is 15.5. The van der Waals surface area contributed by atoms with Gasteiger partial charge in [-0.2, -0.15) is 0 Å². The van der Waals surface area contributed by atoms with Crippen molar-refractivity contribution in [3.63, 3.8) is 0 Å². The molecule has 1 aliphatic heterocycles. The van der Waals surface area contributed by atoms with Gasteiger partial charge in [0, 0.05) is 31.3 Å². The van der Waals surface area contributed by atoms with Gasteiger partial charge in [-0.1, -0.05) is 29.8 Å². The van der Waals surface area contributed by atoms with Gasteiger partial charge in [0.15, 0.2) is 0 Å². The molecule has 0 spiro atoms. The van der Waals surface area contributed by atoms with Crippen LogP contribution < -0.4 is 4.74 Å². The number of pyridine rings is 1. The molecule has 6 heteroatoms. The van der Waals surface area contributed by atoms with Crippen molar-refractivity contribution >= 4 is 28.5 Å². The van der Waals surface area contributed by atoms with Crippen LogP contribution in [0.3, 0.4) is 0 Å². The first-order valence-corrected chi connectivity index (χ1v) is 8.89. The second-order valence-corrected chi connectivity index (χ2v) is 7.64. The van der Waals surface area contributed by atoms with E-state index in [1.807, 2.05) is 51.1 Å². The standard InChI is InChI=1S/C19H23ClN2O3/c1-19(2,3)25-18(23)22-10-8-14(9-11-22)24-17-15-7-5-4-6-13(15)12-16(20)21-17/h4-7,12,14H,8-11H2,1-3H3. The van der Waals surface area contributed by atoms with Gasteiger partial charge in [0.1, 0.15) is 16.9 Å². The Hall–Kier alpha value is -2.01. The number of nitrogens with zero attached hydrogens (tertiary/aromatic N) is 2. The van der Waals surface area contributed by atoms with E-state index in [-0.39, 0.29) is 12.2 Å². The van der Waals surface area contributed by atoms with Crippen LogP contribution in [0.4, 0.5) is 4.79 Å². The quantitative estimate of drug-likeness (QED) is 0.728. The molecule has 0 radical (unpaired) electrons. The zero-order chi connectivity index (χ0) is 18.0. The van der Waals surface area contributed by atoms with E-state index in [4.69, 9.17) is 21.1 Å². The fourth-order valence-corrected chi connectivity index (χ4v) is 3.06. The molecule has 0 N–H and O–H groups in total. The fourth-order valence-electron chi connectivity index (χ4n) is 2.87. The predicted molar refractivity (Wildman–Crippen MR) is 98.2 cm³/mol. The third kappa shape index (κ3) is 4.54. The van der Waals surface area contributed by atoms with Gasteiger partial charge in [-0.05, 0) is 38.3 Å². The molecule has 1 aromatic heterocycles. The summed E-state index contributed by atoms with van der Waals surface area (Å²) >= 11 is 6.11. The summed E-state index contributed by atoms with van der Waals surface area (Å²) in [7, 11) is 0. The fraction of sp³-hybridized carbons (Fsp3) is 0.474. The van der Waals surface area contributed by atoms with Gasteiger partial charge in [0.05, 0.1) is 0 Å². The summed E-state index contributed by atoms with van der Waals surface area (Å²) in [5, 5.41) is 2.37. The second-order valence-electron chi connectivity index (χ2n) is 7.26. The van der Waals surface area contributed by atoms with Crippen LogP contribution in [-0.2, 0) is 4.74 Å². The second kappa shape index (κ2) is 7.08. The molecule has 1 aromatic carbocycles. The number of hydrogen-bond acceptors (Lipinski definition) is 4. The van der Waals surface area contributed by atoms with E-state index < -0.39 is 5.60 Å². The number of ether oxygens (including phenoxy) is 2. The van der Waals surface area contributed by atoms with Gasteiger partial charge in [-0.15, -0.1) is 0 Å². The average Bonchev–Trinajstić information content (AvgIpc) is 2.53. The smallest absolute Gasteiger partial charge is 0.410 e. The molecule has 1 amide bonds. The van der Waals surface area contributed by atoms with Gasteiger partial charge in [-0.25, -0.2) is 9.78 Å². The van der Waals surface area contributed by atoms with Crippen LogP contribution in [0.5, 0.6) is 5.88 Å². The SMILES string of the molecule is CC(C)(C)OC(=O)N1CCC(Oc2nc(Cl)cc3ccccc23)CC1. The number of aromatic nitrogens is 1. The van der Waals surface area contributed by atoms with Crippen molar-refractivity contribution in [1.29, 1.82) is 0 Å². The van der Waals surface area contributed by atoms with Crippen LogP contribution in [0.25, 0.3) is 10.8 Å². The molecule has 1 fully saturated rings. The number of likely N-dealkylation sites (tertiary alicyclic amines) is 1. The van der Waals surface area contributed by atoms with E-state index in [0.717, 1.165) is 23.6 Å². The highest BCUT2D eigenvalue weighted by Crippen LogP contribution is 2.29. The Bertz CT molecular complexity index is 765. The molecule has 1 saturated heterocycles. The lowest BCUT2D eigenvalue weighted by Crippen LogP contribution is -2.44. The van der Waals surface area contributed by atoms with E-state index in [1.165, 1.54) is 0 Å². The van der Waals surface area contributed by atoms with Crippen molar-refractivity contribution in [2.24, 2.45) is 0 Å². The summed E-state index contributed by atoms with van der Waals surface area (Å²) in [6, 6.07) is 9.71. The summed E-state index contributed by atoms with van der Waals surface area (Å²) in [6.07, 6.45) is 1.22. The monoisotopic (exact) mass is 362 g/mol. The van der Waals surface area contributed by atoms with E-state index >= 15 is 0 Å². The highest BCUT2D eigenvalue weighted by Gasteiger charge is 2.28. The van der Waals surface area contributed by atoms with E-state index in [0.29, 0.717) is 24.1 Å². The molecule has 0 bridgehead atoms. The number of hydrogen-bond donors (Lipinski definition) is 0. The van der Waals surface area contributed by atoms with Crippen molar-refractivity contribution in [2.45, 2.75) is 45.3 Å². The summed E-state index contributed by atoms with van der Waals surface area (Å²) < 4.78 is 11.5. The Morgan fingerprint density at radius 2 is 1.92 bits per heavy atom. The van der Waals surface area contributed by atoms with Gasteiger partial charge < -0.3 is 14.4 Å². The minimum atomic E-state index is -0.478. The van der Waals surface area contributed by atoms with Crippen molar-refractivity contribution in [1.82, 2.24) is 9.88 Å². The molecule has 0 unspecified atom stereocenters. The maximum absolute atomic E-state index is 12.1. The summed E-state index contributed by atoms with van der Waals surface area (Å²) in [5.41, 5.74) is -0.478. The first kappa shape index (κ1) is 17.8. The number of amides is 1. The van der Waals surface area contributed by atoms with Crippen LogP contribution in [-0.4, -0.2) is 40.8 Å². The summed E-state index contributed by atoms with van der Waals surface area (Å²) in [5.74, 6) is 0.554. The molecule has 25 heavy (non-hydrogen) atoms. The molecule has 1 aliphatic rings. The predicted octanol–water partition coefficient (Wildman–Crippen LogP) is 4.67. The first-order chi connectivity index (χ1) is 11.8. The van der Waals surface area contributed by atoms with Crippen LogP contribution in [0, 0.1) is 0 Å². The van der Waals surface area contributed by atoms with Gasteiger partial charge in [0.2, 0.25) is 5.88 Å². The first-order valence-electron chi connectivity index (χ1n) is 8.52. The Morgan fingerprint density at radius 3 is 2.60 bits per heavy atom. The maximum Gasteiger partial charge on any atom is 0.410 e. The van der Waals surface area contributed by atoms with Crippen molar-refractivity contribution < 1.29 is 14.3 Å². The maximum atomic E-state index is 12.1. The molecular weight excluding hydrogens is 340 g/mol. The van der Waals surface area contributed by atoms with Gasteiger partial charge >= 0.3 is 6.09 Å².